The van der Waals surface area contributed by atoms with Crippen LogP contribution < -0.4 is 5.32 Å². The Kier molecular flexibility index (Phi) is 4.12. The van der Waals surface area contributed by atoms with Crippen LogP contribution in [0.2, 0.25) is 0 Å². The van der Waals surface area contributed by atoms with Crippen molar-refractivity contribution < 1.29 is 4.79 Å². The summed E-state index contributed by atoms with van der Waals surface area (Å²) in [4.78, 5) is 16.7. The largest absolute Gasteiger partial charge is 0.346 e. The van der Waals surface area contributed by atoms with E-state index in [-0.39, 0.29) is 11.9 Å². The summed E-state index contributed by atoms with van der Waals surface area (Å²) in [7, 11) is 0. The number of nitrogens with one attached hydrogen (secondary N) is 1. The third-order valence-corrected chi connectivity index (χ3v) is 3.94. The van der Waals surface area contributed by atoms with Gasteiger partial charge in [-0.3, -0.25) is 4.79 Å². The molecule has 0 aliphatic carbocycles. The number of aryl methyl sites for hydroxylation is 1. The third-order valence-electron chi connectivity index (χ3n) is 2.96. The summed E-state index contributed by atoms with van der Waals surface area (Å²) in [6.45, 7) is 7.41. The van der Waals surface area contributed by atoms with Crippen molar-refractivity contribution in [2.24, 2.45) is 0 Å². The van der Waals surface area contributed by atoms with Gasteiger partial charge in [-0.15, -0.1) is 11.3 Å². The van der Waals surface area contributed by atoms with Crippen molar-refractivity contribution in [3.63, 3.8) is 0 Å². The number of hydrogen-bond donors (Lipinski definition) is 1. The first kappa shape index (κ1) is 13.5. The topological polar surface area (TPSA) is 42.0 Å². The van der Waals surface area contributed by atoms with Gasteiger partial charge < -0.3 is 5.32 Å². The molecule has 1 amide bonds. The normalized spacial score (nSPS) is 11.9. The molecule has 19 heavy (non-hydrogen) atoms. The zero-order valence-corrected chi connectivity index (χ0v) is 11.8. The summed E-state index contributed by atoms with van der Waals surface area (Å²) in [6.07, 6.45) is 1.28. The van der Waals surface area contributed by atoms with E-state index in [2.05, 4.69) is 29.0 Å². The van der Waals surface area contributed by atoms with Crippen LogP contribution in [-0.4, -0.2) is 10.9 Å². The first-order chi connectivity index (χ1) is 9.11. The van der Waals surface area contributed by atoms with Gasteiger partial charge in [-0.25, -0.2) is 4.98 Å². The van der Waals surface area contributed by atoms with Crippen LogP contribution in [0.15, 0.2) is 42.4 Å². The highest BCUT2D eigenvalue weighted by Crippen LogP contribution is 2.28. The number of hydrogen-bond acceptors (Lipinski definition) is 3. The molecule has 0 saturated heterocycles. The van der Waals surface area contributed by atoms with Gasteiger partial charge in [0.2, 0.25) is 5.91 Å². The molecule has 0 unspecified atom stereocenters. The van der Waals surface area contributed by atoms with E-state index in [9.17, 15) is 4.79 Å². The number of thiazole rings is 1. The molecule has 2 aromatic rings. The van der Waals surface area contributed by atoms with Crippen LogP contribution >= 0.6 is 11.3 Å². The maximum absolute atomic E-state index is 11.3. The lowest BCUT2D eigenvalue weighted by Gasteiger charge is -2.13. The Morgan fingerprint density at radius 2 is 2.11 bits per heavy atom. The molecule has 0 radical (unpaired) electrons. The second-order valence-corrected chi connectivity index (χ2v) is 5.18. The average molecular weight is 272 g/mol. The van der Waals surface area contributed by atoms with E-state index in [0.29, 0.717) is 0 Å². The highest BCUT2D eigenvalue weighted by Gasteiger charge is 2.09. The molecule has 1 N–H and O–H groups in total. The lowest BCUT2D eigenvalue weighted by molar-refractivity contribution is -0.117. The summed E-state index contributed by atoms with van der Waals surface area (Å²) in [5, 5.41) is 2.84. The molecule has 0 aliphatic heterocycles. The lowest BCUT2D eigenvalue weighted by atomic mass is 10.0. The monoisotopic (exact) mass is 272 g/mol. The molecule has 0 aliphatic rings. The Labute approximate surface area is 117 Å². The van der Waals surface area contributed by atoms with Crippen LogP contribution in [0.3, 0.4) is 0 Å². The number of aromatic nitrogens is 1. The molecule has 1 atom stereocenters. The van der Waals surface area contributed by atoms with Crippen LogP contribution in [0.25, 0.3) is 10.4 Å². The smallest absolute Gasteiger partial charge is 0.243 e. The summed E-state index contributed by atoms with van der Waals surface area (Å²) in [5.74, 6) is -0.158. The Hall–Kier alpha value is -1.94. The molecule has 1 aromatic carbocycles. The van der Waals surface area contributed by atoms with Crippen LogP contribution in [0.1, 0.15) is 24.2 Å². The van der Waals surface area contributed by atoms with Gasteiger partial charge in [-0.05, 0) is 31.1 Å². The van der Waals surface area contributed by atoms with Crippen LogP contribution in [0, 0.1) is 6.92 Å². The quantitative estimate of drug-likeness (QED) is 0.866. The van der Waals surface area contributed by atoms with E-state index < -0.39 is 0 Å². The molecule has 4 heteroatoms. The van der Waals surface area contributed by atoms with Crippen molar-refractivity contribution in [1.82, 2.24) is 10.3 Å². The lowest BCUT2D eigenvalue weighted by Crippen LogP contribution is -2.24. The number of carbonyl (C=O) groups excluding carboxylic acids is 1. The molecule has 3 nitrogen and oxygen atoms in total. The minimum absolute atomic E-state index is 0.0258. The second kappa shape index (κ2) is 5.80. The van der Waals surface area contributed by atoms with E-state index in [0.717, 1.165) is 16.8 Å². The standard InChI is InChI=1S/C15H16N2OS/c1-4-14(18)17-10(2)12-5-7-13(8-6-12)15-11(3)16-9-19-15/h4-10H,1H2,2-3H3,(H,17,18)/t10-/m1/s1. The molecule has 1 aromatic heterocycles. The van der Waals surface area contributed by atoms with Gasteiger partial charge >= 0.3 is 0 Å². The molecule has 0 bridgehead atoms. The van der Waals surface area contributed by atoms with E-state index in [1.807, 2.05) is 31.5 Å². The predicted molar refractivity (Wildman–Crippen MR) is 79.0 cm³/mol. The average Bonchev–Trinajstić information content (AvgIpc) is 2.85. The number of rotatable bonds is 4. The molecular weight excluding hydrogens is 256 g/mol. The van der Waals surface area contributed by atoms with Gasteiger partial charge in [0.05, 0.1) is 22.1 Å². The fourth-order valence-electron chi connectivity index (χ4n) is 1.86. The minimum atomic E-state index is -0.158. The highest BCUT2D eigenvalue weighted by molar-refractivity contribution is 7.13. The Bertz CT molecular complexity index is 586. The maximum Gasteiger partial charge on any atom is 0.243 e. The SMILES string of the molecule is C=CC(=O)N[C@H](C)c1ccc(-c2scnc2C)cc1. The van der Waals surface area contributed by atoms with Gasteiger partial charge in [0.25, 0.3) is 0 Å². The van der Waals surface area contributed by atoms with Gasteiger partial charge in [-0.1, -0.05) is 30.8 Å². The van der Waals surface area contributed by atoms with Gasteiger partial charge in [-0.2, -0.15) is 0 Å². The van der Waals surface area contributed by atoms with Crippen molar-refractivity contribution >= 4 is 17.2 Å². The minimum Gasteiger partial charge on any atom is -0.346 e. The van der Waals surface area contributed by atoms with Crippen molar-refractivity contribution in [2.75, 3.05) is 0 Å². The number of carbonyl (C=O) groups is 1. The fourth-order valence-corrected chi connectivity index (χ4v) is 2.67. The van der Waals surface area contributed by atoms with Crippen LogP contribution in [-0.2, 0) is 4.79 Å². The van der Waals surface area contributed by atoms with Crippen molar-refractivity contribution in [2.45, 2.75) is 19.9 Å². The van der Waals surface area contributed by atoms with E-state index in [1.165, 1.54) is 11.0 Å². The Morgan fingerprint density at radius 3 is 2.63 bits per heavy atom. The van der Waals surface area contributed by atoms with Crippen molar-refractivity contribution in [1.29, 1.82) is 0 Å². The zero-order valence-electron chi connectivity index (χ0n) is 11.0. The maximum atomic E-state index is 11.3. The molecule has 0 fully saturated rings. The molecule has 1 heterocycles. The molecule has 0 spiro atoms. The summed E-state index contributed by atoms with van der Waals surface area (Å²) >= 11 is 1.64. The fraction of sp³-hybridized carbons (Fsp3) is 0.200. The van der Waals surface area contributed by atoms with E-state index in [4.69, 9.17) is 0 Å². The van der Waals surface area contributed by atoms with Crippen LogP contribution in [0.4, 0.5) is 0 Å². The number of nitrogens with zero attached hydrogens (tertiary/aromatic N) is 1. The van der Waals surface area contributed by atoms with Crippen LogP contribution in [0.5, 0.6) is 0 Å². The Balaban J connectivity index is 2.17. The van der Waals surface area contributed by atoms with Crippen molar-refractivity contribution in [3.8, 4) is 10.4 Å². The van der Waals surface area contributed by atoms with Gasteiger partial charge in [0.1, 0.15) is 0 Å². The molecule has 98 valence electrons. The van der Waals surface area contributed by atoms with E-state index >= 15 is 0 Å². The van der Waals surface area contributed by atoms with Gasteiger partial charge in [0.15, 0.2) is 0 Å². The number of benzene rings is 1. The number of amides is 1. The first-order valence-corrected chi connectivity index (χ1v) is 6.93. The molecule has 2 rings (SSSR count). The second-order valence-electron chi connectivity index (χ2n) is 4.32. The summed E-state index contributed by atoms with van der Waals surface area (Å²) in [6, 6.07) is 8.16. The molecule has 0 saturated carbocycles. The highest BCUT2D eigenvalue weighted by atomic mass is 32.1. The molecular formula is C15H16N2OS. The van der Waals surface area contributed by atoms with Gasteiger partial charge in [0, 0.05) is 0 Å². The van der Waals surface area contributed by atoms with Crippen molar-refractivity contribution in [3.05, 3.63) is 53.7 Å². The zero-order chi connectivity index (χ0) is 13.8. The predicted octanol–water partition coefficient (Wildman–Crippen LogP) is 3.48. The van der Waals surface area contributed by atoms with E-state index in [1.54, 1.807) is 11.3 Å². The Morgan fingerprint density at radius 1 is 1.42 bits per heavy atom. The summed E-state index contributed by atoms with van der Waals surface area (Å²) in [5.41, 5.74) is 5.13. The summed E-state index contributed by atoms with van der Waals surface area (Å²) < 4.78 is 0. The third kappa shape index (κ3) is 3.09. The first-order valence-electron chi connectivity index (χ1n) is 6.05.